The zero-order valence-corrected chi connectivity index (χ0v) is 11.3. The molecule has 1 nitrogen and oxygen atoms in total. The van der Waals surface area contributed by atoms with Gasteiger partial charge >= 0.3 is 0 Å². The lowest BCUT2D eigenvalue weighted by atomic mass is 9.83. The molecule has 0 spiro atoms. The molecule has 0 fully saturated rings. The Hall–Kier alpha value is -2.02. The van der Waals surface area contributed by atoms with Crippen LogP contribution in [0.3, 0.4) is 0 Å². The van der Waals surface area contributed by atoms with Crippen LogP contribution in [0.5, 0.6) is 5.75 Å². The molecule has 1 unspecified atom stereocenters. The maximum Gasteiger partial charge on any atom is 0.115 e. The second-order valence-corrected chi connectivity index (χ2v) is 5.50. The summed E-state index contributed by atoms with van der Waals surface area (Å²) in [5, 5.41) is 9.43. The van der Waals surface area contributed by atoms with Crippen molar-refractivity contribution in [3.8, 4) is 5.75 Å². The first-order valence-corrected chi connectivity index (χ1v) is 6.77. The number of rotatable bonds is 2. The summed E-state index contributed by atoms with van der Waals surface area (Å²) < 4.78 is 0. The second kappa shape index (κ2) is 4.58. The molecule has 2 aromatic carbocycles. The van der Waals surface area contributed by atoms with E-state index < -0.39 is 0 Å². The first-order chi connectivity index (χ1) is 9.16. The second-order valence-electron chi connectivity index (χ2n) is 5.50. The highest BCUT2D eigenvalue weighted by molar-refractivity contribution is 5.91. The number of phenols is 1. The van der Waals surface area contributed by atoms with Crippen LogP contribution in [0.25, 0.3) is 11.6 Å². The average Bonchev–Trinajstić information content (AvgIpc) is 2.78. The quantitative estimate of drug-likeness (QED) is 0.820. The molecule has 3 rings (SSSR count). The van der Waals surface area contributed by atoms with Gasteiger partial charge in [-0.3, -0.25) is 0 Å². The minimum absolute atomic E-state index is 0.320. The minimum Gasteiger partial charge on any atom is -0.508 e. The highest BCUT2D eigenvalue weighted by Gasteiger charge is 2.28. The van der Waals surface area contributed by atoms with Crippen molar-refractivity contribution in [1.29, 1.82) is 0 Å². The van der Waals surface area contributed by atoms with Gasteiger partial charge in [0.05, 0.1) is 0 Å². The molecule has 19 heavy (non-hydrogen) atoms. The Balaban J connectivity index is 2.09. The van der Waals surface area contributed by atoms with Crippen molar-refractivity contribution in [2.45, 2.75) is 19.8 Å². The SMILES string of the molecule is CC(C)C1C(c2ccc(O)cc2)=Cc2ccccc21. The highest BCUT2D eigenvalue weighted by atomic mass is 16.3. The van der Waals surface area contributed by atoms with Gasteiger partial charge in [0.2, 0.25) is 0 Å². The van der Waals surface area contributed by atoms with Crippen LogP contribution in [0.4, 0.5) is 0 Å². The van der Waals surface area contributed by atoms with Gasteiger partial charge in [0.1, 0.15) is 5.75 Å². The Labute approximate surface area is 114 Å². The number of hydrogen-bond donors (Lipinski definition) is 1. The molecule has 0 aliphatic heterocycles. The number of phenolic OH excluding ortho intramolecular Hbond substituents is 1. The highest BCUT2D eigenvalue weighted by Crippen LogP contribution is 2.45. The molecular formula is C18H18O. The molecule has 0 saturated heterocycles. The lowest BCUT2D eigenvalue weighted by Gasteiger charge is -2.21. The van der Waals surface area contributed by atoms with E-state index in [4.69, 9.17) is 0 Å². The van der Waals surface area contributed by atoms with Crippen molar-refractivity contribution in [2.24, 2.45) is 5.92 Å². The molecule has 0 aromatic heterocycles. The number of hydrogen-bond acceptors (Lipinski definition) is 1. The van der Waals surface area contributed by atoms with Gasteiger partial charge in [0.15, 0.2) is 0 Å². The van der Waals surface area contributed by atoms with Crippen LogP contribution in [0, 0.1) is 5.92 Å². The number of allylic oxidation sites excluding steroid dienone is 1. The van der Waals surface area contributed by atoms with Crippen molar-refractivity contribution < 1.29 is 5.11 Å². The minimum atomic E-state index is 0.320. The van der Waals surface area contributed by atoms with E-state index >= 15 is 0 Å². The Morgan fingerprint density at radius 1 is 0.947 bits per heavy atom. The van der Waals surface area contributed by atoms with Crippen molar-refractivity contribution in [2.75, 3.05) is 0 Å². The standard InChI is InChI=1S/C18H18O/c1-12(2)18-16-6-4-3-5-14(16)11-17(18)13-7-9-15(19)10-8-13/h3-12,18-19H,1-2H3. The summed E-state index contributed by atoms with van der Waals surface area (Å²) in [5.74, 6) is 1.32. The maximum absolute atomic E-state index is 9.43. The Morgan fingerprint density at radius 3 is 2.32 bits per heavy atom. The van der Waals surface area contributed by atoms with E-state index in [1.165, 1.54) is 22.3 Å². The molecule has 0 bridgehead atoms. The molecule has 1 N–H and O–H groups in total. The lowest BCUT2D eigenvalue weighted by molar-refractivity contribution is 0.475. The monoisotopic (exact) mass is 250 g/mol. The molecule has 0 heterocycles. The van der Waals surface area contributed by atoms with Gasteiger partial charge in [-0.25, -0.2) is 0 Å². The molecule has 96 valence electrons. The largest absolute Gasteiger partial charge is 0.508 e. The van der Waals surface area contributed by atoms with Crippen molar-refractivity contribution >= 4 is 11.6 Å². The van der Waals surface area contributed by atoms with E-state index in [9.17, 15) is 5.11 Å². The summed E-state index contributed by atoms with van der Waals surface area (Å²) >= 11 is 0. The van der Waals surface area contributed by atoms with Crippen LogP contribution in [-0.2, 0) is 0 Å². The summed E-state index contributed by atoms with van der Waals surface area (Å²) in [7, 11) is 0. The van der Waals surface area contributed by atoms with Gasteiger partial charge < -0.3 is 5.11 Å². The van der Waals surface area contributed by atoms with Gasteiger partial charge in [-0.05, 0) is 40.3 Å². The van der Waals surface area contributed by atoms with Gasteiger partial charge in [0, 0.05) is 5.92 Å². The summed E-state index contributed by atoms with van der Waals surface area (Å²) in [6.07, 6.45) is 2.28. The predicted molar refractivity (Wildman–Crippen MR) is 80.0 cm³/mol. The Kier molecular flexibility index (Phi) is 2.90. The van der Waals surface area contributed by atoms with Gasteiger partial charge in [0.25, 0.3) is 0 Å². The van der Waals surface area contributed by atoms with Crippen molar-refractivity contribution in [3.05, 3.63) is 65.2 Å². The predicted octanol–water partition coefficient (Wildman–Crippen LogP) is 4.69. The number of aromatic hydroxyl groups is 1. The summed E-state index contributed by atoms with van der Waals surface area (Å²) in [5.41, 5.74) is 5.30. The smallest absolute Gasteiger partial charge is 0.115 e. The van der Waals surface area contributed by atoms with Gasteiger partial charge in [-0.2, -0.15) is 0 Å². The van der Waals surface area contributed by atoms with Crippen LogP contribution < -0.4 is 0 Å². The molecule has 1 aliphatic carbocycles. The molecule has 1 atom stereocenters. The summed E-state index contributed by atoms with van der Waals surface area (Å²) in [4.78, 5) is 0. The molecule has 0 saturated carbocycles. The van der Waals surface area contributed by atoms with Crippen molar-refractivity contribution in [3.63, 3.8) is 0 Å². The van der Waals surface area contributed by atoms with Crippen LogP contribution in [0.15, 0.2) is 48.5 Å². The molecule has 0 amide bonds. The maximum atomic E-state index is 9.43. The van der Waals surface area contributed by atoms with E-state index in [0.29, 0.717) is 17.6 Å². The van der Waals surface area contributed by atoms with E-state index in [-0.39, 0.29) is 0 Å². The molecule has 1 aliphatic rings. The Morgan fingerprint density at radius 2 is 1.63 bits per heavy atom. The Bertz CT molecular complexity index is 620. The van der Waals surface area contributed by atoms with Gasteiger partial charge in [-0.1, -0.05) is 56.3 Å². The summed E-state index contributed by atoms with van der Waals surface area (Å²) in [6, 6.07) is 16.1. The molecule has 2 aromatic rings. The zero-order valence-electron chi connectivity index (χ0n) is 11.3. The van der Waals surface area contributed by atoms with E-state index in [1.807, 2.05) is 12.1 Å². The van der Waals surface area contributed by atoms with Crippen LogP contribution in [-0.4, -0.2) is 5.11 Å². The first-order valence-electron chi connectivity index (χ1n) is 6.77. The fourth-order valence-electron chi connectivity index (χ4n) is 2.99. The first kappa shape index (κ1) is 12.0. The average molecular weight is 250 g/mol. The normalized spacial score (nSPS) is 17.4. The fourth-order valence-corrected chi connectivity index (χ4v) is 2.99. The van der Waals surface area contributed by atoms with Gasteiger partial charge in [-0.15, -0.1) is 0 Å². The third kappa shape index (κ3) is 2.06. The number of benzene rings is 2. The van der Waals surface area contributed by atoms with E-state index in [1.54, 1.807) is 12.1 Å². The summed E-state index contributed by atoms with van der Waals surface area (Å²) in [6.45, 7) is 4.53. The van der Waals surface area contributed by atoms with E-state index in [0.717, 1.165) is 0 Å². The fraction of sp³-hybridized carbons (Fsp3) is 0.222. The third-order valence-corrected chi connectivity index (χ3v) is 3.84. The number of fused-ring (bicyclic) bond motifs is 1. The van der Waals surface area contributed by atoms with Crippen LogP contribution in [0.1, 0.15) is 36.5 Å². The van der Waals surface area contributed by atoms with Crippen LogP contribution >= 0.6 is 0 Å². The molecular weight excluding hydrogens is 232 g/mol. The van der Waals surface area contributed by atoms with E-state index in [2.05, 4.69) is 44.2 Å². The topological polar surface area (TPSA) is 20.2 Å². The molecule has 0 radical (unpaired) electrons. The van der Waals surface area contributed by atoms with Crippen LogP contribution in [0.2, 0.25) is 0 Å². The zero-order chi connectivity index (χ0) is 13.4. The molecule has 1 heteroatoms. The lowest BCUT2D eigenvalue weighted by Crippen LogP contribution is -2.06. The van der Waals surface area contributed by atoms with Crippen molar-refractivity contribution in [1.82, 2.24) is 0 Å². The third-order valence-electron chi connectivity index (χ3n) is 3.84.